The molecule has 3 aromatic rings. The topological polar surface area (TPSA) is 67.9 Å². The van der Waals surface area contributed by atoms with E-state index in [2.05, 4.69) is 5.32 Å². The van der Waals surface area contributed by atoms with Crippen molar-refractivity contribution in [1.82, 2.24) is 0 Å². The maximum atomic E-state index is 13.2. The molecule has 0 aliphatic carbocycles. The molecular formula is C24H20N2O4S. The number of nitrogens with one attached hydrogen (secondary N) is 1. The van der Waals surface area contributed by atoms with Crippen LogP contribution in [-0.4, -0.2) is 25.2 Å². The zero-order chi connectivity index (χ0) is 21.2. The van der Waals surface area contributed by atoms with Gasteiger partial charge in [0.2, 0.25) is 18.6 Å². The first-order valence-corrected chi connectivity index (χ1v) is 10.9. The van der Waals surface area contributed by atoms with Crippen LogP contribution in [0.25, 0.3) is 0 Å². The lowest BCUT2D eigenvalue weighted by Crippen LogP contribution is -2.38. The first-order chi connectivity index (χ1) is 15.2. The normalized spacial score (nSPS) is 17.1. The van der Waals surface area contributed by atoms with Crippen molar-refractivity contribution in [2.24, 2.45) is 0 Å². The molecule has 31 heavy (non-hydrogen) atoms. The summed E-state index contributed by atoms with van der Waals surface area (Å²) >= 11 is 1.66. The van der Waals surface area contributed by atoms with Gasteiger partial charge in [0.15, 0.2) is 11.5 Å². The molecule has 0 fully saturated rings. The molecule has 3 aromatic carbocycles. The van der Waals surface area contributed by atoms with Gasteiger partial charge in [-0.1, -0.05) is 42.5 Å². The number of nitrogens with zero attached hydrogens (tertiary/aromatic N) is 1. The number of benzene rings is 3. The molecule has 156 valence electrons. The highest BCUT2D eigenvalue weighted by Crippen LogP contribution is 2.45. The molecule has 5 rings (SSSR count). The molecule has 0 radical (unpaired) electrons. The van der Waals surface area contributed by atoms with Crippen LogP contribution in [0.3, 0.4) is 0 Å². The van der Waals surface area contributed by atoms with Gasteiger partial charge in [0.05, 0.1) is 5.69 Å². The third-order valence-corrected chi connectivity index (χ3v) is 6.54. The SMILES string of the molecule is O=C(CN1C(=O)CC(c2ccccc2)Sc2ccccc21)Nc1ccc2c(c1)OCO2. The van der Waals surface area contributed by atoms with E-state index in [1.807, 2.05) is 54.6 Å². The fraction of sp³-hybridized carbons (Fsp3) is 0.167. The number of para-hydroxylation sites is 1. The van der Waals surface area contributed by atoms with E-state index in [0.29, 0.717) is 23.6 Å². The van der Waals surface area contributed by atoms with E-state index in [0.717, 1.165) is 16.1 Å². The maximum absolute atomic E-state index is 13.2. The van der Waals surface area contributed by atoms with E-state index < -0.39 is 0 Å². The number of carbonyl (C=O) groups is 2. The Balaban J connectivity index is 1.37. The van der Waals surface area contributed by atoms with Crippen LogP contribution < -0.4 is 19.7 Å². The molecule has 7 heteroatoms. The zero-order valence-corrected chi connectivity index (χ0v) is 17.4. The van der Waals surface area contributed by atoms with Crippen LogP contribution in [0.5, 0.6) is 11.5 Å². The van der Waals surface area contributed by atoms with E-state index in [-0.39, 0.29) is 30.4 Å². The Morgan fingerprint density at radius 3 is 2.65 bits per heavy atom. The molecule has 0 aromatic heterocycles. The number of hydrogen-bond acceptors (Lipinski definition) is 5. The van der Waals surface area contributed by atoms with Crippen molar-refractivity contribution >= 4 is 35.0 Å². The molecule has 2 aliphatic heterocycles. The summed E-state index contributed by atoms with van der Waals surface area (Å²) in [5.74, 6) is 0.895. The van der Waals surface area contributed by atoms with Crippen LogP contribution in [0.1, 0.15) is 17.2 Å². The Morgan fingerprint density at radius 1 is 1.00 bits per heavy atom. The van der Waals surface area contributed by atoms with Crippen molar-refractivity contribution in [3.8, 4) is 11.5 Å². The first kappa shape index (κ1) is 19.5. The van der Waals surface area contributed by atoms with Crippen molar-refractivity contribution in [2.75, 3.05) is 23.6 Å². The van der Waals surface area contributed by atoms with Gasteiger partial charge in [0.25, 0.3) is 0 Å². The molecule has 1 unspecified atom stereocenters. The average Bonchev–Trinajstić information content (AvgIpc) is 3.20. The number of amides is 2. The number of ether oxygens (including phenoxy) is 2. The molecule has 6 nitrogen and oxygen atoms in total. The lowest BCUT2D eigenvalue weighted by Gasteiger charge is -2.22. The van der Waals surface area contributed by atoms with Crippen molar-refractivity contribution in [3.05, 3.63) is 78.4 Å². The second kappa shape index (κ2) is 8.35. The summed E-state index contributed by atoms with van der Waals surface area (Å²) in [4.78, 5) is 28.6. The van der Waals surface area contributed by atoms with E-state index in [4.69, 9.17) is 9.47 Å². The summed E-state index contributed by atoms with van der Waals surface area (Å²) in [5.41, 5.74) is 2.46. The van der Waals surface area contributed by atoms with Crippen molar-refractivity contribution < 1.29 is 19.1 Å². The van der Waals surface area contributed by atoms with Gasteiger partial charge >= 0.3 is 0 Å². The second-order valence-corrected chi connectivity index (χ2v) is 8.53. The first-order valence-electron chi connectivity index (χ1n) is 9.98. The van der Waals surface area contributed by atoms with Gasteiger partial charge in [-0.2, -0.15) is 0 Å². The minimum absolute atomic E-state index is 0.00299. The maximum Gasteiger partial charge on any atom is 0.244 e. The van der Waals surface area contributed by atoms with Crippen LogP contribution in [-0.2, 0) is 9.59 Å². The lowest BCUT2D eigenvalue weighted by molar-refractivity contribution is -0.121. The summed E-state index contributed by atoms with van der Waals surface area (Å²) in [7, 11) is 0. The van der Waals surface area contributed by atoms with Crippen LogP contribution in [0.4, 0.5) is 11.4 Å². The fourth-order valence-electron chi connectivity index (χ4n) is 3.72. The predicted octanol–water partition coefficient (Wildman–Crippen LogP) is 4.62. The quantitative estimate of drug-likeness (QED) is 0.651. The standard InChI is InChI=1S/C24H20N2O4S/c27-23(25-17-10-11-19-20(12-17)30-15-29-19)14-26-18-8-4-5-9-21(18)31-22(13-24(26)28)16-6-2-1-3-7-16/h1-12,22H,13-15H2,(H,25,27). The third kappa shape index (κ3) is 4.09. The van der Waals surface area contributed by atoms with Crippen molar-refractivity contribution in [2.45, 2.75) is 16.6 Å². The Hall–Kier alpha value is -3.45. The fourth-order valence-corrected chi connectivity index (χ4v) is 5.00. The molecule has 2 heterocycles. The summed E-state index contributed by atoms with van der Waals surface area (Å²) in [6.45, 7) is 0.110. The summed E-state index contributed by atoms with van der Waals surface area (Å²) < 4.78 is 10.7. The van der Waals surface area contributed by atoms with Gasteiger partial charge in [-0.05, 0) is 29.8 Å². The lowest BCUT2D eigenvalue weighted by atomic mass is 10.1. The van der Waals surface area contributed by atoms with Gasteiger partial charge in [0, 0.05) is 28.3 Å². The molecule has 1 N–H and O–H groups in total. The number of hydrogen-bond donors (Lipinski definition) is 1. The Bertz CT molecular complexity index is 1140. The number of rotatable bonds is 4. The number of fused-ring (bicyclic) bond motifs is 2. The highest BCUT2D eigenvalue weighted by atomic mass is 32.2. The van der Waals surface area contributed by atoms with E-state index >= 15 is 0 Å². The van der Waals surface area contributed by atoms with Crippen molar-refractivity contribution in [1.29, 1.82) is 0 Å². The monoisotopic (exact) mass is 432 g/mol. The summed E-state index contributed by atoms with van der Waals surface area (Å²) in [5, 5.41) is 2.86. The van der Waals surface area contributed by atoms with Crippen LogP contribution >= 0.6 is 11.8 Å². The molecule has 0 spiro atoms. The van der Waals surface area contributed by atoms with Crippen LogP contribution in [0.2, 0.25) is 0 Å². The van der Waals surface area contributed by atoms with Gasteiger partial charge in [-0.25, -0.2) is 0 Å². The van der Waals surface area contributed by atoms with Crippen molar-refractivity contribution in [3.63, 3.8) is 0 Å². The van der Waals surface area contributed by atoms with E-state index in [1.54, 1.807) is 34.9 Å². The van der Waals surface area contributed by atoms with Gasteiger partial charge in [0.1, 0.15) is 6.54 Å². The highest BCUT2D eigenvalue weighted by Gasteiger charge is 2.30. The van der Waals surface area contributed by atoms with Gasteiger partial charge in [-0.3, -0.25) is 9.59 Å². The predicted molar refractivity (Wildman–Crippen MR) is 120 cm³/mol. The second-order valence-electron chi connectivity index (χ2n) is 7.29. The molecule has 0 saturated carbocycles. The highest BCUT2D eigenvalue weighted by molar-refractivity contribution is 7.99. The summed E-state index contributed by atoms with van der Waals surface area (Å²) in [6, 6.07) is 23.0. The minimum atomic E-state index is -0.273. The third-order valence-electron chi connectivity index (χ3n) is 5.22. The molecule has 2 aliphatic rings. The number of anilines is 2. The number of carbonyl (C=O) groups excluding carboxylic acids is 2. The Labute approximate surface area is 184 Å². The Kier molecular flexibility index (Phi) is 5.26. The molecule has 0 saturated heterocycles. The zero-order valence-electron chi connectivity index (χ0n) is 16.6. The smallest absolute Gasteiger partial charge is 0.244 e. The Morgan fingerprint density at radius 2 is 1.77 bits per heavy atom. The largest absolute Gasteiger partial charge is 0.454 e. The minimum Gasteiger partial charge on any atom is -0.454 e. The summed E-state index contributed by atoms with van der Waals surface area (Å²) in [6.07, 6.45) is 0.320. The van der Waals surface area contributed by atoms with Crippen LogP contribution in [0, 0.1) is 0 Å². The average molecular weight is 433 g/mol. The van der Waals surface area contributed by atoms with E-state index in [1.165, 1.54) is 0 Å². The van der Waals surface area contributed by atoms with Crippen LogP contribution in [0.15, 0.2) is 77.7 Å². The molecule has 0 bridgehead atoms. The molecular weight excluding hydrogens is 412 g/mol. The molecule has 2 amide bonds. The van der Waals surface area contributed by atoms with Gasteiger partial charge < -0.3 is 19.7 Å². The van der Waals surface area contributed by atoms with E-state index in [9.17, 15) is 9.59 Å². The van der Waals surface area contributed by atoms with Gasteiger partial charge in [-0.15, -0.1) is 11.8 Å². The molecule has 1 atom stereocenters. The number of thioether (sulfide) groups is 1.